The summed E-state index contributed by atoms with van der Waals surface area (Å²) < 4.78 is 12.2. The van der Waals surface area contributed by atoms with Gasteiger partial charge in [-0.3, -0.25) is 19.5 Å². The van der Waals surface area contributed by atoms with Gasteiger partial charge in [0, 0.05) is 45.0 Å². The molecule has 18 heteroatoms. The first-order valence-electron chi connectivity index (χ1n) is 11.7. The van der Waals surface area contributed by atoms with E-state index >= 15 is 0 Å². The van der Waals surface area contributed by atoms with E-state index in [0.29, 0.717) is 32.4 Å². The number of carbonyl (C=O) groups excluding carboxylic acids is 1. The van der Waals surface area contributed by atoms with Crippen molar-refractivity contribution >= 4 is 84.9 Å². The van der Waals surface area contributed by atoms with Crippen LogP contribution in [0.4, 0.5) is 5.13 Å². The number of β-lactam (4-membered cyclic amide) rings is 1. The van der Waals surface area contributed by atoms with E-state index in [1.165, 1.54) is 53.4 Å². The molecule has 5 heterocycles. The third-order valence-corrected chi connectivity index (χ3v) is 10.6. The van der Waals surface area contributed by atoms with Gasteiger partial charge in [-0.15, -0.1) is 46.2 Å². The third-order valence-electron chi connectivity index (χ3n) is 6.22. The summed E-state index contributed by atoms with van der Waals surface area (Å²) in [6.45, 7) is 0.0945. The zero-order valence-corrected chi connectivity index (χ0v) is 27.2. The molecule has 6 rings (SSSR count). The van der Waals surface area contributed by atoms with Gasteiger partial charge in [-0.1, -0.05) is 5.16 Å². The van der Waals surface area contributed by atoms with Crippen molar-refractivity contribution in [1.82, 2.24) is 9.88 Å². The van der Waals surface area contributed by atoms with E-state index in [2.05, 4.69) is 15.1 Å². The number of ether oxygens (including phenoxy) is 2. The number of amides is 1. The summed E-state index contributed by atoms with van der Waals surface area (Å²) in [5, 5.41) is 28.1. The van der Waals surface area contributed by atoms with Gasteiger partial charge in [0.05, 0.1) is 4.21 Å². The standard InChI is InChI=1S/C24H19N5O8S4.Na/c1-35-28-17(11-7-40-24(25)26-11)20(31)27-18-21(32)29-19(23(33)34)9(6-39-22(18)29)5-38-16-3-12(30)10-2-13-14(37-8-36-13)4-15(10)41-16;/h2-4,7,18,22H,5-6,8H2,1H3,(H2,25,26)(H,27,31)(H,33,34);/q;+1/p-1/b28-17+;/t18-,22-;/m1./s1. The molecule has 0 aliphatic carbocycles. The summed E-state index contributed by atoms with van der Waals surface area (Å²) in [5.41, 5.74) is 5.79. The fraction of sp³-hybridized carbons (Fsp3) is 0.250. The predicted molar refractivity (Wildman–Crippen MR) is 154 cm³/mol. The van der Waals surface area contributed by atoms with Gasteiger partial charge >= 0.3 is 35.5 Å². The Kier molecular flexibility index (Phi) is 9.08. The van der Waals surface area contributed by atoms with Crippen LogP contribution in [0, 0.1) is 0 Å². The number of nitrogens with zero attached hydrogens (tertiary/aromatic N) is 4. The van der Waals surface area contributed by atoms with Crippen molar-refractivity contribution in [3.8, 4) is 11.5 Å². The van der Waals surface area contributed by atoms with Gasteiger partial charge in [-0.05, 0) is 11.6 Å². The van der Waals surface area contributed by atoms with Crippen LogP contribution in [0.1, 0.15) is 5.69 Å². The molecular formula is C24H18N5NaO8S4. The smallest absolute Gasteiger partial charge is 0.857 e. The van der Waals surface area contributed by atoms with E-state index in [0.717, 1.165) is 20.9 Å². The number of thiazole rings is 1. The summed E-state index contributed by atoms with van der Waals surface area (Å²) in [6.07, 6.45) is 0. The van der Waals surface area contributed by atoms with Crippen molar-refractivity contribution in [2.45, 2.75) is 15.6 Å². The summed E-state index contributed by atoms with van der Waals surface area (Å²) >= 11 is 5.10. The average molecular weight is 656 g/mol. The number of carboxylic acid groups (broad SMARTS) is 1. The molecule has 212 valence electrons. The van der Waals surface area contributed by atoms with Crippen molar-refractivity contribution in [3.05, 3.63) is 50.8 Å². The van der Waals surface area contributed by atoms with Gasteiger partial charge in [0.25, 0.3) is 5.91 Å². The largest absolute Gasteiger partial charge is 1.00 e. The second kappa shape index (κ2) is 12.4. The van der Waals surface area contributed by atoms with E-state index in [9.17, 15) is 24.6 Å². The van der Waals surface area contributed by atoms with Crippen LogP contribution >= 0.6 is 46.2 Å². The van der Waals surface area contributed by atoms with Crippen molar-refractivity contribution in [1.29, 1.82) is 0 Å². The molecule has 1 saturated heterocycles. The zero-order valence-electron chi connectivity index (χ0n) is 21.9. The molecule has 0 radical (unpaired) electrons. The molecule has 3 aliphatic heterocycles. The molecule has 1 amide bonds. The molecule has 1 aromatic carbocycles. The molecule has 42 heavy (non-hydrogen) atoms. The van der Waals surface area contributed by atoms with Gasteiger partial charge in [0.1, 0.15) is 29.6 Å². The molecule has 1 fully saturated rings. The number of aromatic nitrogens is 1. The van der Waals surface area contributed by atoms with Crippen LogP contribution in [0.3, 0.4) is 0 Å². The van der Waals surface area contributed by atoms with Gasteiger partial charge in [0.15, 0.2) is 28.1 Å². The van der Waals surface area contributed by atoms with Crippen LogP contribution in [-0.2, 0) is 14.4 Å². The number of carbonyl (C=O) groups is 2. The number of fused-ring (bicyclic) bond motifs is 3. The van der Waals surface area contributed by atoms with E-state index in [1.54, 1.807) is 12.1 Å². The van der Waals surface area contributed by atoms with Crippen molar-refractivity contribution in [2.24, 2.45) is 10.1 Å². The van der Waals surface area contributed by atoms with Crippen molar-refractivity contribution < 1.29 is 63.7 Å². The number of anilines is 1. The van der Waals surface area contributed by atoms with Gasteiger partial charge in [-0.25, -0.2) is 9.78 Å². The molecule has 0 spiro atoms. The molecule has 3 aromatic rings. The Balaban J connectivity index is 0.00000353. The first-order chi connectivity index (χ1) is 19.7. The van der Waals surface area contributed by atoms with Gasteiger partial charge in [0.2, 0.25) is 6.79 Å². The molecule has 2 aromatic heterocycles. The summed E-state index contributed by atoms with van der Waals surface area (Å²) in [5.74, 6) is -1.08. The minimum absolute atomic E-state index is 0. The summed E-state index contributed by atoms with van der Waals surface area (Å²) in [6, 6.07) is 3.83. The maximum Gasteiger partial charge on any atom is 1.00 e. The van der Waals surface area contributed by atoms with Crippen LogP contribution in [0.5, 0.6) is 11.5 Å². The van der Waals surface area contributed by atoms with E-state index in [4.69, 9.17) is 20.0 Å². The van der Waals surface area contributed by atoms with Crippen LogP contribution in [0.25, 0.3) is 10.1 Å². The minimum Gasteiger partial charge on any atom is -0.857 e. The van der Waals surface area contributed by atoms with Gasteiger partial charge in [-0.2, -0.15) is 0 Å². The number of carboxylic acids is 1. The second-order valence-corrected chi connectivity index (χ2v) is 13.0. The fourth-order valence-corrected chi connectivity index (χ4v) is 8.63. The summed E-state index contributed by atoms with van der Waals surface area (Å²) in [7, 11) is 1.26. The first-order valence-corrected chi connectivity index (χ1v) is 15.5. The normalized spacial score (nSPS) is 19.8. The number of nitrogens with two attached hydrogens (primary N) is 1. The quantitative estimate of drug-likeness (QED) is 0.0719. The first kappa shape index (κ1) is 30.7. The van der Waals surface area contributed by atoms with Crippen LogP contribution in [0.2, 0.25) is 0 Å². The number of aliphatic carboxylic acids is 1. The Morgan fingerprint density at radius 3 is 2.76 bits per heavy atom. The van der Waals surface area contributed by atoms with E-state index < -0.39 is 29.2 Å². The van der Waals surface area contributed by atoms with Crippen LogP contribution in [0.15, 0.2) is 54.0 Å². The van der Waals surface area contributed by atoms with E-state index in [1.807, 2.05) is 0 Å². The molecule has 3 aliphatic rings. The average Bonchev–Trinajstić information content (AvgIpc) is 3.60. The Morgan fingerprint density at radius 1 is 1.31 bits per heavy atom. The SMILES string of the molecule is CO/N=C(/C([O-])=N[C@@H]1C(=O)N2C(C(=O)O)=C(CSc3cc(=O)c4cc5c(cc4s3)OCO5)CS[C@H]12)c1csc(N)n1.[Na+]. The predicted octanol–water partition coefficient (Wildman–Crippen LogP) is -1.44. The molecule has 3 N–H and O–H groups in total. The fourth-order valence-electron chi connectivity index (χ4n) is 4.38. The topological polar surface area (TPSA) is 189 Å². The van der Waals surface area contributed by atoms with E-state index in [-0.39, 0.29) is 69.8 Å². The Morgan fingerprint density at radius 2 is 2.07 bits per heavy atom. The number of benzene rings is 1. The maximum atomic E-state index is 13.1. The Labute approximate surface area is 275 Å². The number of nitrogen functional groups attached to an aromatic ring is 1. The van der Waals surface area contributed by atoms with Crippen LogP contribution in [-0.4, -0.2) is 75.3 Å². The number of oxime groups is 1. The number of rotatable bonds is 8. The molecule has 13 nitrogen and oxygen atoms in total. The third kappa shape index (κ3) is 5.61. The zero-order chi connectivity index (χ0) is 28.8. The number of hydrogen-bond donors (Lipinski definition) is 2. The Hall–Kier alpha value is -2.80. The van der Waals surface area contributed by atoms with Crippen molar-refractivity contribution in [3.63, 3.8) is 0 Å². The van der Waals surface area contributed by atoms with Crippen LogP contribution < -0.4 is 55.3 Å². The molecule has 0 saturated carbocycles. The summed E-state index contributed by atoms with van der Waals surface area (Å²) in [4.78, 5) is 52.0. The molecule has 2 atom stereocenters. The monoisotopic (exact) mass is 655 g/mol. The number of hydrogen-bond acceptors (Lipinski definition) is 15. The molecule has 0 bridgehead atoms. The van der Waals surface area contributed by atoms with Gasteiger partial charge < -0.3 is 30.3 Å². The minimum atomic E-state index is -1.26. The number of thioether (sulfide) groups is 2. The maximum absolute atomic E-state index is 13.1. The van der Waals surface area contributed by atoms with Crippen molar-refractivity contribution in [2.75, 3.05) is 31.1 Å². The molecule has 0 unspecified atom stereocenters. The second-order valence-electron chi connectivity index (χ2n) is 8.66. The number of aliphatic imine (C=N–C) groups is 1. The molecular weight excluding hydrogens is 638 g/mol. The Bertz CT molecular complexity index is 1760.